The summed E-state index contributed by atoms with van der Waals surface area (Å²) in [6.07, 6.45) is 0.966. The number of H-pyrrole nitrogens is 1. The minimum absolute atomic E-state index is 0.0867. The third-order valence-electron chi connectivity index (χ3n) is 3.01. The van der Waals surface area contributed by atoms with Crippen LogP contribution in [0.1, 0.15) is 24.0 Å². The molecule has 4 heteroatoms. The third-order valence-corrected chi connectivity index (χ3v) is 3.01. The zero-order valence-electron chi connectivity index (χ0n) is 10.9. The summed E-state index contributed by atoms with van der Waals surface area (Å²) in [7, 11) is 1.65. The van der Waals surface area contributed by atoms with Gasteiger partial charge in [0.05, 0.1) is 12.8 Å². The molecular weight excluding hydrogens is 228 g/mol. The Balaban J connectivity index is 2.56. The number of rotatable bonds is 4. The van der Waals surface area contributed by atoms with E-state index in [4.69, 9.17) is 9.84 Å². The lowest BCUT2D eigenvalue weighted by molar-refractivity contribution is 0.272. The van der Waals surface area contributed by atoms with Crippen LogP contribution in [0.25, 0.3) is 11.3 Å². The molecule has 96 valence electrons. The lowest BCUT2D eigenvalue weighted by Crippen LogP contribution is -1.92. The van der Waals surface area contributed by atoms with E-state index in [0.29, 0.717) is 5.82 Å². The maximum absolute atomic E-state index is 9.12. The summed E-state index contributed by atoms with van der Waals surface area (Å²) in [5.41, 5.74) is 3.97. The fourth-order valence-corrected chi connectivity index (χ4v) is 2.02. The molecule has 0 fully saturated rings. The number of nitrogens with one attached hydrogen (secondary N) is 1. The molecule has 0 spiro atoms. The van der Waals surface area contributed by atoms with Crippen LogP contribution in [0.15, 0.2) is 18.2 Å². The van der Waals surface area contributed by atoms with E-state index in [1.54, 1.807) is 7.11 Å². The second-order valence-electron chi connectivity index (χ2n) is 4.20. The summed E-state index contributed by atoms with van der Waals surface area (Å²) in [5.74, 6) is 1.37. The molecule has 4 nitrogen and oxygen atoms in total. The van der Waals surface area contributed by atoms with Crippen molar-refractivity contribution in [3.63, 3.8) is 0 Å². The van der Waals surface area contributed by atoms with E-state index >= 15 is 0 Å². The van der Waals surface area contributed by atoms with Crippen LogP contribution in [-0.2, 0) is 13.0 Å². The van der Waals surface area contributed by atoms with Crippen molar-refractivity contribution in [3.05, 3.63) is 35.3 Å². The SMILES string of the molecule is CCc1ccc(OC)c(-c2nc(CO)[nH]c2C)c1. The summed E-state index contributed by atoms with van der Waals surface area (Å²) >= 11 is 0. The van der Waals surface area contributed by atoms with Crippen LogP contribution in [0.2, 0.25) is 0 Å². The number of aromatic amines is 1. The molecule has 2 rings (SSSR count). The van der Waals surface area contributed by atoms with Crippen molar-refractivity contribution in [2.45, 2.75) is 26.9 Å². The highest BCUT2D eigenvalue weighted by atomic mass is 16.5. The van der Waals surface area contributed by atoms with Crippen LogP contribution >= 0.6 is 0 Å². The molecule has 18 heavy (non-hydrogen) atoms. The molecule has 2 aromatic rings. The number of hydrogen-bond donors (Lipinski definition) is 2. The van der Waals surface area contributed by atoms with Gasteiger partial charge in [-0.1, -0.05) is 13.0 Å². The number of hydrogen-bond acceptors (Lipinski definition) is 3. The normalized spacial score (nSPS) is 10.7. The van der Waals surface area contributed by atoms with Gasteiger partial charge in [-0.25, -0.2) is 4.98 Å². The Labute approximate surface area is 107 Å². The Morgan fingerprint density at radius 1 is 1.39 bits per heavy atom. The van der Waals surface area contributed by atoms with Gasteiger partial charge in [0.25, 0.3) is 0 Å². The van der Waals surface area contributed by atoms with Gasteiger partial charge in [0.2, 0.25) is 0 Å². The fraction of sp³-hybridized carbons (Fsp3) is 0.357. The Morgan fingerprint density at radius 3 is 2.72 bits per heavy atom. The third kappa shape index (κ3) is 2.24. The number of aromatic nitrogens is 2. The Hall–Kier alpha value is -1.81. The first-order valence-electron chi connectivity index (χ1n) is 6.03. The average Bonchev–Trinajstić information content (AvgIpc) is 2.79. The van der Waals surface area contributed by atoms with Gasteiger partial charge in [-0.3, -0.25) is 0 Å². The number of methoxy groups -OCH3 is 1. The van der Waals surface area contributed by atoms with E-state index in [-0.39, 0.29) is 6.61 Å². The first kappa shape index (κ1) is 12.6. The summed E-state index contributed by atoms with van der Waals surface area (Å²) < 4.78 is 5.38. The second kappa shape index (κ2) is 5.23. The second-order valence-corrected chi connectivity index (χ2v) is 4.20. The molecule has 0 atom stereocenters. The van der Waals surface area contributed by atoms with Crippen LogP contribution in [0.4, 0.5) is 0 Å². The predicted octanol–water partition coefficient (Wildman–Crippen LogP) is 2.45. The van der Waals surface area contributed by atoms with Crippen LogP contribution < -0.4 is 4.74 Å². The van der Waals surface area contributed by atoms with Gasteiger partial charge >= 0.3 is 0 Å². The molecule has 0 amide bonds. The molecule has 0 unspecified atom stereocenters. The maximum atomic E-state index is 9.12. The van der Waals surface area contributed by atoms with Crippen molar-refractivity contribution in [2.75, 3.05) is 7.11 Å². The zero-order chi connectivity index (χ0) is 13.1. The van der Waals surface area contributed by atoms with Gasteiger partial charge in [0.15, 0.2) is 0 Å². The standard InChI is InChI=1S/C14H18N2O2/c1-4-10-5-6-12(18-3)11(7-10)14-9(2)15-13(8-17)16-14/h5-7,17H,4,8H2,1-3H3,(H,15,16). The molecule has 0 radical (unpaired) electrons. The molecule has 1 aromatic carbocycles. The molecule has 0 aliphatic rings. The minimum atomic E-state index is -0.0867. The molecular formula is C14H18N2O2. The number of aliphatic hydroxyl groups is 1. The highest BCUT2D eigenvalue weighted by Gasteiger charge is 2.13. The maximum Gasteiger partial charge on any atom is 0.132 e. The van der Waals surface area contributed by atoms with Crippen molar-refractivity contribution < 1.29 is 9.84 Å². The van der Waals surface area contributed by atoms with Crippen molar-refractivity contribution >= 4 is 0 Å². The van der Waals surface area contributed by atoms with E-state index in [0.717, 1.165) is 29.1 Å². The van der Waals surface area contributed by atoms with E-state index < -0.39 is 0 Å². The van der Waals surface area contributed by atoms with Crippen LogP contribution in [0, 0.1) is 6.92 Å². The van der Waals surface area contributed by atoms with Gasteiger partial charge in [-0.05, 0) is 31.0 Å². The first-order valence-corrected chi connectivity index (χ1v) is 6.03. The molecule has 0 saturated heterocycles. The molecule has 1 aromatic heterocycles. The van der Waals surface area contributed by atoms with E-state index in [9.17, 15) is 0 Å². The molecule has 0 bridgehead atoms. The van der Waals surface area contributed by atoms with Crippen molar-refractivity contribution in [1.29, 1.82) is 0 Å². The van der Waals surface area contributed by atoms with Gasteiger partial charge in [0.1, 0.15) is 18.2 Å². The summed E-state index contributed by atoms with van der Waals surface area (Å²) in [6, 6.07) is 6.10. The molecule has 0 aliphatic carbocycles. The van der Waals surface area contributed by atoms with Gasteiger partial charge < -0.3 is 14.8 Å². The quantitative estimate of drug-likeness (QED) is 0.871. The predicted molar refractivity (Wildman–Crippen MR) is 70.6 cm³/mol. The smallest absolute Gasteiger partial charge is 0.132 e. The number of aryl methyl sites for hydroxylation is 2. The summed E-state index contributed by atoms with van der Waals surface area (Å²) in [4.78, 5) is 7.46. The monoisotopic (exact) mass is 246 g/mol. The highest BCUT2D eigenvalue weighted by Crippen LogP contribution is 2.31. The van der Waals surface area contributed by atoms with Gasteiger partial charge in [-0.15, -0.1) is 0 Å². The van der Waals surface area contributed by atoms with E-state index in [1.807, 2.05) is 13.0 Å². The topological polar surface area (TPSA) is 58.1 Å². The summed E-state index contributed by atoms with van der Waals surface area (Å²) in [6.45, 7) is 3.97. The minimum Gasteiger partial charge on any atom is -0.496 e. The van der Waals surface area contributed by atoms with E-state index in [2.05, 4.69) is 29.0 Å². The molecule has 0 saturated carbocycles. The number of benzene rings is 1. The Morgan fingerprint density at radius 2 is 2.17 bits per heavy atom. The number of ether oxygens (including phenoxy) is 1. The van der Waals surface area contributed by atoms with Crippen molar-refractivity contribution in [2.24, 2.45) is 0 Å². The highest BCUT2D eigenvalue weighted by molar-refractivity contribution is 5.70. The van der Waals surface area contributed by atoms with Gasteiger partial charge in [-0.2, -0.15) is 0 Å². The Kier molecular flexibility index (Phi) is 3.67. The molecule has 0 aliphatic heterocycles. The fourth-order valence-electron chi connectivity index (χ4n) is 2.02. The molecule has 1 heterocycles. The number of aliphatic hydroxyl groups excluding tert-OH is 1. The van der Waals surface area contributed by atoms with Crippen LogP contribution in [0.3, 0.4) is 0 Å². The summed E-state index contributed by atoms with van der Waals surface area (Å²) in [5, 5.41) is 9.12. The Bertz CT molecular complexity index is 547. The van der Waals surface area contributed by atoms with Gasteiger partial charge in [0, 0.05) is 11.3 Å². The first-order chi connectivity index (χ1) is 8.69. The lowest BCUT2D eigenvalue weighted by Gasteiger charge is -2.09. The number of nitrogens with zero attached hydrogens (tertiary/aromatic N) is 1. The lowest BCUT2D eigenvalue weighted by atomic mass is 10.0. The average molecular weight is 246 g/mol. The van der Waals surface area contributed by atoms with Crippen LogP contribution in [-0.4, -0.2) is 22.2 Å². The zero-order valence-corrected chi connectivity index (χ0v) is 10.9. The van der Waals surface area contributed by atoms with Crippen LogP contribution in [0.5, 0.6) is 5.75 Å². The number of imidazole rings is 1. The van der Waals surface area contributed by atoms with E-state index in [1.165, 1.54) is 5.56 Å². The molecule has 2 N–H and O–H groups in total. The van der Waals surface area contributed by atoms with Crippen molar-refractivity contribution in [1.82, 2.24) is 9.97 Å². The van der Waals surface area contributed by atoms with Crippen molar-refractivity contribution in [3.8, 4) is 17.0 Å². The largest absolute Gasteiger partial charge is 0.496 e.